The summed E-state index contributed by atoms with van der Waals surface area (Å²) in [6, 6.07) is 6.80. The number of nitrogens with two attached hydrogens (primary N) is 1. The van der Waals surface area contributed by atoms with E-state index in [1.165, 1.54) is 0 Å². The van der Waals surface area contributed by atoms with Crippen molar-refractivity contribution in [2.45, 2.75) is 20.3 Å². The van der Waals surface area contributed by atoms with E-state index in [9.17, 15) is 4.79 Å². The summed E-state index contributed by atoms with van der Waals surface area (Å²) in [4.78, 5) is 11.5. The number of carbonyl (C=O) groups excluding carboxylic acids is 1. The molecule has 0 unspecified atom stereocenters. The molecule has 0 aromatic heterocycles. The summed E-state index contributed by atoms with van der Waals surface area (Å²) >= 11 is 0. The van der Waals surface area contributed by atoms with Crippen molar-refractivity contribution in [1.82, 2.24) is 5.32 Å². The highest BCUT2D eigenvalue weighted by molar-refractivity contribution is 5.89. The van der Waals surface area contributed by atoms with Crippen molar-refractivity contribution in [1.29, 1.82) is 0 Å². The molecule has 0 atom stereocenters. The molecule has 5 heteroatoms. The van der Waals surface area contributed by atoms with Crippen molar-refractivity contribution in [3.05, 3.63) is 24.3 Å². The van der Waals surface area contributed by atoms with Crippen LogP contribution in [0.25, 0.3) is 0 Å². The van der Waals surface area contributed by atoms with Crippen molar-refractivity contribution in [2.75, 3.05) is 30.8 Å². The van der Waals surface area contributed by atoms with Gasteiger partial charge in [0.2, 0.25) is 0 Å². The Bertz CT molecular complexity index is 394. The second-order valence-corrected chi connectivity index (χ2v) is 4.80. The predicted octanol–water partition coefficient (Wildman–Crippen LogP) is 2.45. The van der Waals surface area contributed by atoms with Crippen molar-refractivity contribution >= 4 is 17.4 Å². The Morgan fingerprint density at radius 3 is 2.84 bits per heavy atom. The molecular formula is C14H23N3O2. The molecule has 5 nitrogen and oxygen atoms in total. The highest BCUT2D eigenvalue weighted by Gasteiger charge is 2.01. The topological polar surface area (TPSA) is 76.4 Å². The van der Waals surface area contributed by atoms with E-state index in [1.54, 1.807) is 24.3 Å². The molecule has 1 aromatic carbocycles. The standard InChI is InChI=1S/C14H23N3O2/c1-11(2)6-8-19-9-7-16-14(18)17-13-5-3-4-12(15)10-13/h3-5,10-11H,6-9,15H2,1-2H3,(H2,16,17,18). The fourth-order valence-corrected chi connectivity index (χ4v) is 1.45. The monoisotopic (exact) mass is 265 g/mol. The van der Waals surface area contributed by atoms with Gasteiger partial charge in [-0.15, -0.1) is 0 Å². The van der Waals surface area contributed by atoms with Gasteiger partial charge in [-0.3, -0.25) is 0 Å². The van der Waals surface area contributed by atoms with Crippen LogP contribution in [0.5, 0.6) is 0 Å². The zero-order chi connectivity index (χ0) is 14.1. The van der Waals surface area contributed by atoms with Crippen LogP contribution in [-0.2, 0) is 4.74 Å². The van der Waals surface area contributed by atoms with E-state index >= 15 is 0 Å². The van der Waals surface area contributed by atoms with Gasteiger partial charge < -0.3 is 21.1 Å². The van der Waals surface area contributed by atoms with Crippen LogP contribution in [-0.4, -0.2) is 25.8 Å². The Hall–Kier alpha value is -1.75. The average Bonchev–Trinajstić information content (AvgIpc) is 2.33. The smallest absolute Gasteiger partial charge is 0.319 e. The van der Waals surface area contributed by atoms with Gasteiger partial charge in [0.15, 0.2) is 0 Å². The van der Waals surface area contributed by atoms with E-state index in [2.05, 4.69) is 24.5 Å². The number of rotatable bonds is 7. The Morgan fingerprint density at radius 1 is 1.37 bits per heavy atom. The van der Waals surface area contributed by atoms with E-state index < -0.39 is 0 Å². The maximum Gasteiger partial charge on any atom is 0.319 e. The second kappa shape index (κ2) is 8.37. The lowest BCUT2D eigenvalue weighted by Crippen LogP contribution is -2.31. The van der Waals surface area contributed by atoms with Gasteiger partial charge >= 0.3 is 6.03 Å². The number of hydrogen-bond donors (Lipinski definition) is 3. The van der Waals surface area contributed by atoms with Crippen LogP contribution < -0.4 is 16.4 Å². The molecule has 0 bridgehead atoms. The van der Waals surface area contributed by atoms with Crippen LogP contribution in [0, 0.1) is 5.92 Å². The summed E-state index contributed by atoms with van der Waals surface area (Å²) in [6.07, 6.45) is 1.04. The fraction of sp³-hybridized carbons (Fsp3) is 0.500. The second-order valence-electron chi connectivity index (χ2n) is 4.80. The highest BCUT2D eigenvalue weighted by Crippen LogP contribution is 2.11. The number of benzene rings is 1. The predicted molar refractivity (Wildman–Crippen MR) is 78.1 cm³/mol. The van der Waals surface area contributed by atoms with Gasteiger partial charge in [0.05, 0.1) is 6.61 Å². The third-order valence-electron chi connectivity index (χ3n) is 2.52. The number of nitrogen functional groups attached to an aromatic ring is 1. The van der Waals surface area contributed by atoms with Gasteiger partial charge in [0.25, 0.3) is 0 Å². The average molecular weight is 265 g/mol. The Balaban J connectivity index is 2.11. The summed E-state index contributed by atoms with van der Waals surface area (Å²) < 4.78 is 5.40. The van der Waals surface area contributed by atoms with Crippen molar-refractivity contribution in [2.24, 2.45) is 5.92 Å². The van der Waals surface area contributed by atoms with Gasteiger partial charge in [0, 0.05) is 24.5 Å². The minimum atomic E-state index is -0.252. The first-order valence-corrected chi connectivity index (χ1v) is 6.56. The number of hydrogen-bond acceptors (Lipinski definition) is 3. The zero-order valence-electron chi connectivity index (χ0n) is 11.6. The molecule has 0 fully saturated rings. The molecule has 0 aliphatic heterocycles. The third kappa shape index (κ3) is 7.31. The third-order valence-corrected chi connectivity index (χ3v) is 2.52. The summed E-state index contributed by atoms with van der Waals surface area (Å²) in [7, 11) is 0. The Kier molecular flexibility index (Phi) is 6.74. The molecule has 1 aromatic rings. The number of anilines is 2. The SMILES string of the molecule is CC(C)CCOCCNC(=O)Nc1cccc(N)c1. The van der Waals surface area contributed by atoms with Crippen molar-refractivity contribution in [3.63, 3.8) is 0 Å². The molecule has 0 saturated carbocycles. The number of urea groups is 1. The maximum absolute atomic E-state index is 11.5. The molecule has 106 valence electrons. The molecule has 4 N–H and O–H groups in total. The van der Waals surface area contributed by atoms with Gasteiger partial charge in [-0.25, -0.2) is 4.79 Å². The van der Waals surface area contributed by atoms with E-state index in [0.717, 1.165) is 13.0 Å². The van der Waals surface area contributed by atoms with Crippen LogP contribution >= 0.6 is 0 Å². The lowest BCUT2D eigenvalue weighted by Gasteiger charge is -2.09. The molecule has 0 saturated heterocycles. The molecule has 0 spiro atoms. The molecule has 1 rings (SSSR count). The molecule has 0 aliphatic rings. The zero-order valence-corrected chi connectivity index (χ0v) is 11.6. The lowest BCUT2D eigenvalue weighted by molar-refractivity contribution is 0.126. The Morgan fingerprint density at radius 2 is 2.16 bits per heavy atom. The van der Waals surface area contributed by atoms with Crippen molar-refractivity contribution < 1.29 is 9.53 Å². The quantitative estimate of drug-likeness (QED) is 0.523. The highest BCUT2D eigenvalue weighted by atomic mass is 16.5. The largest absolute Gasteiger partial charge is 0.399 e. The fourth-order valence-electron chi connectivity index (χ4n) is 1.45. The minimum absolute atomic E-state index is 0.252. The van der Waals surface area contributed by atoms with Crippen LogP contribution in [0.3, 0.4) is 0 Å². The molecular weight excluding hydrogens is 242 g/mol. The van der Waals surface area contributed by atoms with Gasteiger partial charge in [-0.05, 0) is 30.5 Å². The number of ether oxygens (including phenoxy) is 1. The maximum atomic E-state index is 11.5. The minimum Gasteiger partial charge on any atom is -0.399 e. The van der Waals surface area contributed by atoms with Crippen LogP contribution in [0.4, 0.5) is 16.2 Å². The normalized spacial score (nSPS) is 10.5. The number of amides is 2. The molecule has 0 heterocycles. The van der Waals surface area contributed by atoms with E-state index in [0.29, 0.717) is 30.4 Å². The summed E-state index contributed by atoms with van der Waals surface area (Å²) in [6.45, 7) is 6.06. The molecule has 0 aliphatic carbocycles. The molecule has 19 heavy (non-hydrogen) atoms. The molecule has 0 radical (unpaired) electrons. The number of nitrogens with one attached hydrogen (secondary N) is 2. The van der Waals surface area contributed by atoms with Crippen LogP contribution in [0.15, 0.2) is 24.3 Å². The van der Waals surface area contributed by atoms with Gasteiger partial charge in [-0.1, -0.05) is 19.9 Å². The van der Waals surface area contributed by atoms with Crippen LogP contribution in [0.2, 0.25) is 0 Å². The van der Waals surface area contributed by atoms with Gasteiger partial charge in [-0.2, -0.15) is 0 Å². The van der Waals surface area contributed by atoms with E-state index in [1.807, 2.05) is 0 Å². The number of carbonyl (C=O) groups is 1. The molecule has 2 amide bonds. The first-order valence-electron chi connectivity index (χ1n) is 6.56. The Labute approximate surface area is 114 Å². The van der Waals surface area contributed by atoms with E-state index in [-0.39, 0.29) is 6.03 Å². The van der Waals surface area contributed by atoms with Gasteiger partial charge in [0.1, 0.15) is 0 Å². The van der Waals surface area contributed by atoms with Crippen molar-refractivity contribution in [3.8, 4) is 0 Å². The lowest BCUT2D eigenvalue weighted by atomic mass is 10.1. The summed E-state index contributed by atoms with van der Waals surface area (Å²) in [5.74, 6) is 0.639. The first-order chi connectivity index (χ1) is 9.08. The van der Waals surface area contributed by atoms with E-state index in [4.69, 9.17) is 10.5 Å². The first kappa shape index (κ1) is 15.3. The summed E-state index contributed by atoms with van der Waals surface area (Å²) in [5.41, 5.74) is 6.92. The van der Waals surface area contributed by atoms with Crippen LogP contribution in [0.1, 0.15) is 20.3 Å². The summed E-state index contributed by atoms with van der Waals surface area (Å²) in [5, 5.41) is 5.43.